The normalized spacial score (nSPS) is 21.8. The zero-order chi connectivity index (χ0) is 34.7. The first kappa shape index (κ1) is 35.4. The third kappa shape index (κ3) is 8.11. The summed E-state index contributed by atoms with van der Waals surface area (Å²) in [5.41, 5.74) is 5.50. The lowest BCUT2D eigenvalue weighted by Crippen LogP contribution is -2.74. The van der Waals surface area contributed by atoms with E-state index in [1.165, 1.54) is 19.9 Å². The van der Waals surface area contributed by atoms with Gasteiger partial charge < -0.3 is 30.8 Å². The second-order valence-corrected chi connectivity index (χ2v) is 13.6. The van der Waals surface area contributed by atoms with E-state index in [1.807, 2.05) is 13.0 Å². The van der Waals surface area contributed by atoms with Crippen molar-refractivity contribution in [3.8, 4) is 11.5 Å². The van der Waals surface area contributed by atoms with Crippen LogP contribution in [-0.4, -0.2) is 74.7 Å². The molecule has 0 aromatic heterocycles. The minimum atomic E-state index is -5.16. The number of hydrogen-bond donors (Lipinski definition) is 5. The number of aliphatic imine (C=N–C) groups is 1. The van der Waals surface area contributed by atoms with Crippen molar-refractivity contribution in [3.63, 3.8) is 0 Å². The van der Waals surface area contributed by atoms with Gasteiger partial charge in [0.05, 0.1) is 5.70 Å². The van der Waals surface area contributed by atoms with Crippen LogP contribution in [-0.2, 0) is 35.9 Å². The number of β-lactam (4-membered cyclic amide) rings is 1. The molecule has 4 rings (SSSR count). The van der Waals surface area contributed by atoms with E-state index in [-0.39, 0.29) is 39.7 Å². The van der Waals surface area contributed by atoms with E-state index >= 15 is 0 Å². The van der Waals surface area contributed by atoms with Gasteiger partial charge in [-0.1, -0.05) is 36.6 Å². The van der Waals surface area contributed by atoms with Crippen LogP contribution < -0.4 is 15.8 Å². The number of hydrogen-bond acceptors (Lipinski definition) is 11. The standard InChI is InChI=1S/C31H41N5O10S/c1-5-6-7-10-18-15-21(37)24(19-11-8-9-17(2)14-19)22(16-18)45-29-26(28(39)36(29)47(42,43)44)34-27(38)25(20-12-13-23(32)33-20)35-46-31(3,4)30(40)41/h12,14-16,19,26,29,37H,5-11,13H2,1-4H3,(H2,32,33)(H,34,38)(H,40,41)(H,42,43,44)/b35-25-/t19-,26+,29?/m0/s1. The van der Waals surface area contributed by atoms with E-state index in [0.29, 0.717) is 24.0 Å². The smallest absolute Gasteiger partial charge is 0.365 e. The monoisotopic (exact) mass is 675 g/mol. The highest BCUT2D eigenvalue weighted by Gasteiger charge is 2.57. The number of phenolic OH excluding ortho intramolecular Hbond substituents is 1. The van der Waals surface area contributed by atoms with Crippen molar-refractivity contribution in [2.75, 3.05) is 0 Å². The van der Waals surface area contributed by atoms with E-state index in [9.17, 15) is 37.6 Å². The Balaban J connectivity index is 1.72. The minimum Gasteiger partial charge on any atom is -0.507 e. The van der Waals surface area contributed by atoms with Crippen LogP contribution in [0.3, 0.4) is 0 Å². The number of rotatable bonds is 14. The third-order valence-electron chi connectivity index (χ3n) is 8.08. The predicted octanol–water partition coefficient (Wildman–Crippen LogP) is 3.05. The van der Waals surface area contributed by atoms with E-state index in [2.05, 4.69) is 22.4 Å². The van der Waals surface area contributed by atoms with Crippen LogP contribution in [0.15, 0.2) is 45.7 Å². The highest BCUT2D eigenvalue weighted by Crippen LogP contribution is 2.43. The first-order valence-electron chi connectivity index (χ1n) is 15.4. The molecule has 3 atom stereocenters. The molecule has 1 aliphatic carbocycles. The van der Waals surface area contributed by atoms with Gasteiger partial charge in [-0.3, -0.25) is 14.1 Å². The molecule has 2 amide bonds. The van der Waals surface area contributed by atoms with Crippen molar-refractivity contribution in [2.24, 2.45) is 15.9 Å². The van der Waals surface area contributed by atoms with Crippen molar-refractivity contribution < 1.29 is 47.1 Å². The number of aliphatic carboxylic acids is 1. The van der Waals surface area contributed by atoms with Crippen LogP contribution in [0.2, 0.25) is 0 Å². The fraction of sp³-hybridized carbons (Fsp3) is 0.516. The van der Waals surface area contributed by atoms with E-state index in [4.69, 9.17) is 15.3 Å². The quantitative estimate of drug-likeness (QED) is 0.0480. The molecule has 0 radical (unpaired) electrons. The summed E-state index contributed by atoms with van der Waals surface area (Å²) in [4.78, 5) is 47.3. The van der Waals surface area contributed by atoms with Gasteiger partial charge >= 0.3 is 16.3 Å². The number of benzene rings is 1. The fourth-order valence-electron chi connectivity index (χ4n) is 5.47. The summed E-state index contributed by atoms with van der Waals surface area (Å²) in [6, 6.07) is 1.65. The molecule has 15 nitrogen and oxygen atoms in total. The number of amides is 2. The van der Waals surface area contributed by atoms with Gasteiger partial charge in [-0.15, -0.1) is 0 Å². The van der Waals surface area contributed by atoms with Crippen LogP contribution >= 0.6 is 0 Å². The summed E-state index contributed by atoms with van der Waals surface area (Å²) < 4.78 is 40.8. The van der Waals surface area contributed by atoms with Crippen LogP contribution in [0.1, 0.15) is 89.7 Å². The molecule has 1 aromatic carbocycles. The number of nitrogens with one attached hydrogen (secondary N) is 1. The SMILES string of the molecule is CCCCCc1cc(O)c([C@@H]2C=C(C)CCC2)c(OC2[C@H](NC(=O)/C(=N\OC(C)(C)C(=O)O)C3=CCC(N)=N3)C(=O)N2S(=O)(=O)O)c1. The summed E-state index contributed by atoms with van der Waals surface area (Å²) in [6.45, 7) is 6.42. The first-order chi connectivity index (χ1) is 22.0. The molecule has 3 aliphatic rings. The molecule has 1 saturated heterocycles. The van der Waals surface area contributed by atoms with Crippen molar-refractivity contribution >= 4 is 39.6 Å². The summed E-state index contributed by atoms with van der Waals surface area (Å²) in [6.07, 6.45) is 7.54. The number of amidine groups is 1. The average Bonchev–Trinajstić information content (AvgIpc) is 3.40. The molecular formula is C31H41N5O10S. The molecule has 1 fully saturated rings. The molecule has 6 N–H and O–H groups in total. The number of allylic oxidation sites excluding steroid dienone is 2. The van der Waals surface area contributed by atoms with Crippen molar-refractivity contribution in [3.05, 3.63) is 46.7 Å². The van der Waals surface area contributed by atoms with Gasteiger partial charge in [0.2, 0.25) is 11.8 Å². The first-order valence-corrected chi connectivity index (χ1v) is 16.8. The fourth-order valence-corrected chi connectivity index (χ4v) is 6.24. The summed E-state index contributed by atoms with van der Waals surface area (Å²) in [5, 5.41) is 26.7. The van der Waals surface area contributed by atoms with Crippen molar-refractivity contribution in [1.29, 1.82) is 0 Å². The number of aromatic hydroxyl groups is 1. The number of carbonyl (C=O) groups excluding carboxylic acids is 2. The number of unbranched alkanes of at least 4 members (excludes halogenated alkanes) is 2. The Labute approximate surface area is 273 Å². The Morgan fingerprint density at radius 1 is 1.26 bits per heavy atom. The molecule has 2 heterocycles. The zero-order valence-corrected chi connectivity index (χ0v) is 27.5. The number of aryl methyl sites for hydroxylation is 1. The maximum absolute atomic E-state index is 13.5. The third-order valence-corrected chi connectivity index (χ3v) is 8.97. The van der Waals surface area contributed by atoms with Gasteiger partial charge in [0.1, 0.15) is 17.3 Å². The Bertz CT molecular complexity index is 1660. The molecule has 1 unspecified atom stereocenters. The number of carbonyl (C=O) groups is 3. The molecular weight excluding hydrogens is 634 g/mol. The van der Waals surface area contributed by atoms with Crippen LogP contribution in [0, 0.1) is 0 Å². The van der Waals surface area contributed by atoms with E-state index in [0.717, 1.165) is 37.7 Å². The molecule has 0 saturated carbocycles. The number of nitrogens with two attached hydrogens (primary N) is 1. The zero-order valence-electron chi connectivity index (χ0n) is 26.7. The van der Waals surface area contributed by atoms with Crippen LogP contribution in [0.5, 0.6) is 11.5 Å². The highest BCUT2D eigenvalue weighted by molar-refractivity contribution is 7.84. The topological polar surface area (TPSA) is 231 Å². The van der Waals surface area contributed by atoms with Crippen molar-refractivity contribution in [1.82, 2.24) is 9.62 Å². The number of carboxylic acids is 1. The minimum absolute atomic E-state index is 0.0641. The molecule has 0 spiro atoms. The lowest BCUT2D eigenvalue weighted by Gasteiger charge is -2.43. The lowest BCUT2D eigenvalue weighted by molar-refractivity contribution is -0.161. The summed E-state index contributed by atoms with van der Waals surface area (Å²) >= 11 is 0. The number of ether oxygens (including phenoxy) is 1. The molecule has 47 heavy (non-hydrogen) atoms. The van der Waals surface area contributed by atoms with E-state index in [1.54, 1.807) is 12.1 Å². The van der Waals surface area contributed by atoms with Gasteiger partial charge in [0.15, 0.2) is 11.8 Å². The second-order valence-electron chi connectivity index (χ2n) is 12.3. The lowest BCUT2D eigenvalue weighted by atomic mass is 9.84. The maximum Gasteiger partial charge on any atom is 0.365 e. The molecule has 256 valence electrons. The predicted molar refractivity (Wildman–Crippen MR) is 171 cm³/mol. The van der Waals surface area contributed by atoms with Gasteiger partial charge in [0.25, 0.3) is 11.8 Å². The number of oxime groups is 1. The average molecular weight is 676 g/mol. The highest BCUT2D eigenvalue weighted by atomic mass is 32.2. The number of nitrogens with zero attached hydrogens (tertiary/aromatic N) is 3. The van der Waals surface area contributed by atoms with Crippen molar-refractivity contribution in [2.45, 2.75) is 103 Å². The second kappa shape index (κ2) is 14.1. The van der Waals surface area contributed by atoms with Gasteiger partial charge in [-0.05, 0) is 76.6 Å². The summed E-state index contributed by atoms with van der Waals surface area (Å²) in [7, 11) is -5.16. The molecule has 1 aromatic rings. The molecule has 16 heteroatoms. The van der Waals surface area contributed by atoms with Crippen LogP contribution in [0.25, 0.3) is 0 Å². The Hall–Kier alpha value is -4.44. The molecule has 2 aliphatic heterocycles. The Morgan fingerprint density at radius 2 is 1.98 bits per heavy atom. The van der Waals surface area contributed by atoms with Gasteiger partial charge in [-0.2, -0.15) is 12.7 Å². The summed E-state index contributed by atoms with van der Waals surface area (Å²) in [5.74, 6) is -3.79. The maximum atomic E-state index is 13.5. The number of phenols is 1. The van der Waals surface area contributed by atoms with E-state index < -0.39 is 51.7 Å². The number of carboxylic acid groups (broad SMARTS) is 1. The van der Waals surface area contributed by atoms with Crippen LogP contribution in [0.4, 0.5) is 0 Å². The Morgan fingerprint density at radius 3 is 2.57 bits per heavy atom. The van der Waals surface area contributed by atoms with Gasteiger partial charge in [-0.25, -0.2) is 9.79 Å². The van der Waals surface area contributed by atoms with Gasteiger partial charge in [0, 0.05) is 17.9 Å². The largest absolute Gasteiger partial charge is 0.507 e. The Kier molecular flexibility index (Phi) is 10.6. The molecule has 0 bridgehead atoms.